The minimum atomic E-state index is -0.529. The number of rotatable bonds is 5. The molecule has 0 atom stereocenters. The van der Waals surface area contributed by atoms with Gasteiger partial charge in [-0.3, -0.25) is 10.1 Å². The van der Waals surface area contributed by atoms with E-state index in [0.29, 0.717) is 10.1 Å². The zero-order valence-electron chi connectivity index (χ0n) is 16.2. The SMILES string of the molecule is CC(C)(C)c1cc(NC(=O)COC(=O)c2ccc(C3SCCCS3)cc2)on1. The van der Waals surface area contributed by atoms with Crippen molar-refractivity contribution in [3.63, 3.8) is 0 Å². The van der Waals surface area contributed by atoms with Crippen LogP contribution in [-0.4, -0.2) is 35.1 Å². The lowest BCUT2D eigenvalue weighted by molar-refractivity contribution is -0.119. The van der Waals surface area contributed by atoms with Crippen LogP contribution in [0, 0.1) is 0 Å². The van der Waals surface area contributed by atoms with E-state index >= 15 is 0 Å². The van der Waals surface area contributed by atoms with Crippen LogP contribution in [0.2, 0.25) is 0 Å². The van der Waals surface area contributed by atoms with Gasteiger partial charge < -0.3 is 9.26 Å². The minimum Gasteiger partial charge on any atom is -0.452 e. The maximum Gasteiger partial charge on any atom is 0.338 e. The van der Waals surface area contributed by atoms with E-state index in [9.17, 15) is 9.59 Å². The van der Waals surface area contributed by atoms with Gasteiger partial charge in [0.05, 0.1) is 15.8 Å². The van der Waals surface area contributed by atoms with Crippen LogP contribution in [0.3, 0.4) is 0 Å². The molecule has 6 nitrogen and oxygen atoms in total. The maximum atomic E-state index is 12.2. The molecule has 0 saturated carbocycles. The zero-order valence-corrected chi connectivity index (χ0v) is 17.8. The normalized spacial score (nSPS) is 15.2. The number of anilines is 1. The summed E-state index contributed by atoms with van der Waals surface area (Å²) in [6, 6.07) is 9.07. The van der Waals surface area contributed by atoms with Gasteiger partial charge >= 0.3 is 5.97 Å². The highest BCUT2D eigenvalue weighted by Gasteiger charge is 2.20. The fourth-order valence-corrected chi connectivity index (χ4v) is 5.43. The highest BCUT2D eigenvalue weighted by atomic mass is 32.2. The summed E-state index contributed by atoms with van der Waals surface area (Å²) in [6.07, 6.45) is 1.24. The van der Waals surface area contributed by atoms with E-state index in [0.717, 1.165) is 5.69 Å². The molecule has 1 amide bonds. The van der Waals surface area contributed by atoms with Gasteiger partial charge in [-0.1, -0.05) is 38.1 Å². The molecular formula is C20H24N2O4S2. The molecule has 8 heteroatoms. The molecule has 150 valence electrons. The van der Waals surface area contributed by atoms with Gasteiger partial charge in [0, 0.05) is 11.5 Å². The summed E-state index contributed by atoms with van der Waals surface area (Å²) >= 11 is 3.86. The molecule has 28 heavy (non-hydrogen) atoms. The summed E-state index contributed by atoms with van der Waals surface area (Å²) in [4.78, 5) is 24.2. The number of carbonyl (C=O) groups is 2. The summed E-state index contributed by atoms with van der Waals surface area (Å²) in [7, 11) is 0. The number of hydrogen-bond acceptors (Lipinski definition) is 7. The Morgan fingerprint density at radius 1 is 1.21 bits per heavy atom. The second-order valence-corrected chi connectivity index (χ2v) is 10.2. The van der Waals surface area contributed by atoms with Gasteiger partial charge in [-0.15, -0.1) is 23.5 Å². The van der Waals surface area contributed by atoms with Gasteiger partial charge in [-0.2, -0.15) is 0 Å². The monoisotopic (exact) mass is 420 g/mol. The van der Waals surface area contributed by atoms with Gasteiger partial charge in [0.15, 0.2) is 6.61 Å². The predicted octanol–water partition coefficient (Wildman–Crippen LogP) is 4.64. The second-order valence-electron chi connectivity index (χ2n) is 7.50. The molecule has 3 rings (SSSR count). The molecule has 1 aliphatic heterocycles. The molecule has 2 aromatic rings. The average molecular weight is 421 g/mol. The molecule has 0 aliphatic carbocycles. The molecule has 1 saturated heterocycles. The topological polar surface area (TPSA) is 81.4 Å². The minimum absolute atomic E-state index is 0.181. The fourth-order valence-electron chi connectivity index (χ4n) is 2.53. The number of carbonyl (C=O) groups excluding carboxylic acids is 2. The first-order chi connectivity index (χ1) is 13.3. The molecular weight excluding hydrogens is 396 g/mol. The lowest BCUT2D eigenvalue weighted by Gasteiger charge is -2.21. The maximum absolute atomic E-state index is 12.2. The lowest BCUT2D eigenvalue weighted by Crippen LogP contribution is -2.20. The molecule has 1 N–H and O–H groups in total. The highest BCUT2D eigenvalue weighted by molar-refractivity contribution is 8.16. The number of aromatic nitrogens is 1. The molecule has 1 fully saturated rings. The van der Waals surface area contributed by atoms with Crippen molar-refractivity contribution in [3.05, 3.63) is 47.2 Å². The van der Waals surface area contributed by atoms with Crippen LogP contribution in [0.5, 0.6) is 0 Å². The van der Waals surface area contributed by atoms with E-state index in [2.05, 4.69) is 10.5 Å². The second kappa shape index (κ2) is 9.05. The van der Waals surface area contributed by atoms with E-state index in [4.69, 9.17) is 9.26 Å². The molecule has 0 bridgehead atoms. The van der Waals surface area contributed by atoms with Crippen LogP contribution in [0.15, 0.2) is 34.9 Å². The first kappa shape index (κ1) is 20.8. The molecule has 1 aliphatic rings. The van der Waals surface area contributed by atoms with Crippen molar-refractivity contribution in [2.24, 2.45) is 0 Å². The number of esters is 1. The Kier molecular flexibility index (Phi) is 6.72. The largest absolute Gasteiger partial charge is 0.452 e. The Labute approximate surface area is 173 Å². The number of nitrogens with one attached hydrogen (secondary N) is 1. The van der Waals surface area contributed by atoms with E-state index in [1.165, 1.54) is 23.5 Å². The van der Waals surface area contributed by atoms with Crippen LogP contribution in [0.1, 0.15) is 53.4 Å². The standard InChI is InChI=1S/C20H24N2O4S2/c1-20(2,3)15-11-17(26-22-15)21-16(23)12-25-18(24)13-5-7-14(8-6-13)19-27-9-4-10-28-19/h5-8,11,19H,4,9-10,12H2,1-3H3,(H,21,23). The third kappa shape index (κ3) is 5.54. The number of nitrogens with zero attached hydrogens (tertiary/aromatic N) is 1. The number of benzene rings is 1. The van der Waals surface area contributed by atoms with Crippen molar-refractivity contribution in [2.45, 2.75) is 37.2 Å². The predicted molar refractivity (Wildman–Crippen MR) is 113 cm³/mol. The van der Waals surface area contributed by atoms with E-state index < -0.39 is 11.9 Å². The van der Waals surface area contributed by atoms with Crippen molar-refractivity contribution in [3.8, 4) is 0 Å². The van der Waals surface area contributed by atoms with Crippen molar-refractivity contribution in [1.29, 1.82) is 0 Å². The summed E-state index contributed by atoms with van der Waals surface area (Å²) in [6.45, 7) is 5.60. The molecule has 0 radical (unpaired) electrons. The van der Waals surface area contributed by atoms with Crippen LogP contribution in [0.25, 0.3) is 0 Å². The van der Waals surface area contributed by atoms with Gasteiger partial charge in [0.25, 0.3) is 5.91 Å². The van der Waals surface area contributed by atoms with E-state index in [1.54, 1.807) is 18.2 Å². The Bertz CT molecular complexity index is 821. The van der Waals surface area contributed by atoms with Crippen LogP contribution >= 0.6 is 23.5 Å². The van der Waals surface area contributed by atoms with Crippen LogP contribution < -0.4 is 5.32 Å². The smallest absolute Gasteiger partial charge is 0.338 e. The van der Waals surface area contributed by atoms with E-state index in [1.807, 2.05) is 56.4 Å². The van der Waals surface area contributed by atoms with Crippen molar-refractivity contribution >= 4 is 41.3 Å². The van der Waals surface area contributed by atoms with Gasteiger partial charge in [-0.05, 0) is 35.6 Å². The average Bonchev–Trinajstić information content (AvgIpc) is 3.16. The first-order valence-corrected chi connectivity index (χ1v) is 11.2. The molecule has 0 unspecified atom stereocenters. The summed E-state index contributed by atoms with van der Waals surface area (Å²) in [5.74, 6) is 1.56. The quantitative estimate of drug-likeness (QED) is 0.706. The summed E-state index contributed by atoms with van der Waals surface area (Å²) in [5, 5.41) is 6.47. The third-order valence-corrected chi connectivity index (χ3v) is 7.14. The number of ether oxygens (including phenoxy) is 1. The summed E-state index contributed by atoms with van der Waals surface area (Å²) < 4.78 is 10.6. The van der Waals surface area contributed by atoms with E-state index in [-0.39, 0.29) is 17.9 Å². The lowest BCUT2D eigenvalue weighted by atomic mass is 9.92. The Morgan fingerprint density at radius 3 is 2.50 bits per heavy atom. The van der Waals surface area contributed by atoms with Crippen molar-refractivity contribution < 1.29 is 18.8 Å². The summed E-state index contributed by atoms with van der Waals surface area (Å²) in [5.41, 5.74) is 2.18. The van der Waals surface area contributed by atoms with Crippen LogP contribution in [0.4, 0.5) is 5.88 Å². The molecule has 1 aromatic carbocycles. The van der Waals surface area contributed by atoms with Gasteiger partial charge in [0.2, 0.25) is 5.88 Å². The Morgan fingerprint density at radius 2 is 1.89 bits per heavy atom. The van der Waals surface area contributed by atoms with Crippen LogP contribution in [-0.2, 0) is 14.9 Å². The first-order valence-electron chi connectivity index (χ1n) is 9.10. The van der Waals surface area contributed by atoms with Crippen molar-refractivity contribution in [1.82, 2.24) is 5.16 Å². The highest BCUT2D eigenvalue weighted by Crippen LogP contribution is 2.43. The third-order valence-electron chi connectivity index (χ3n) is 4.12. The molecule has 0 spiro atoms. The number of thioether (sulfide) groups is 2. The van der Waals surface area contributed by atoms with Gasteiger partial charge in [0.1, 0.15) is 0 Å². The Balaban J connectivity index is 1.49. The fraction of sp³-hybridized carbons (Fsp3) is 0.450. The zero-order chi connectivity index (χ0) is 20.1. The number of amides is 1. The Hall–Kier alpha value is -1.93. The molecule has 1 aromatic heterocycles. The number of hydrogen-bond donors (Lipinski definition) is 1. The van der Waals surface area contributed by atoms with Crippen molar-refractivity contribution in [2.75, 3.05) is 23.4 Å². The molecule has 2 heterocycles. The van der Waals surface area contributed by atoms with Gasteiger partial charge in [-0.25, -0.2) is 4.79 Å².